The average molecular weight is 384 g/mol. The van der Waals surface area contributed by atoms with Crippen molar-refractivity contribution in [3.05, 3.63) is 59.2 Å². The number of fused-ring (bicyclic) bond motifs is 1. The van der Waals surface area contributed by atoms with Gasteiger partial charge in [0.25, 0.3) is 0 Å². The van der Waals surface area contributed by atoms with Crippen molar-refractivity contribution >= 4 is 12.0 Å². The van der Waals surface area contributed by atoms with Crippen LogP contribution in [-0.2, 0) is 24.2 Å². The number of carboxylic acid groups (broad SMARTS) is 1. The number of hydrogen-bond acceptors (Lipinski definition) is 4. The number of carbonyl (C=O) groups is 2. The maximum atomic E-state index is 12.7. The highest BCUT2D eigenvalue weighted by atomic mass is 16.5. The molecular formula is C21H24N2O5. The lowest BCUT2D eigenvalue weighted by Gasteiger charge is -2.30. The number of carboxylic acids is 1. The van der Waals surface area contributed by atoms with E-state index >= 15 is 0 Å². The second-order valence-corrected chi connectivity index (χ2v) is 6.68. The zero-order valence-corrected chi connectivity index (χ0v) is 16.0. The Kier molecular flexibility index (Phi) is 6.03. The van der Waals surface area contributed by atoms with Crippen molar-refractivity contribution in [2.75, 3.05) is 20.8 Å². The number of nitrogens with one attached hydrogen (secondary N) is 1. The highest BCUT2D eigenvalue weighted by molar-refractivity contribution is 5.83. The number of aliphatic carboxylic acids is 1. The van der Waals surface area contributed by atoms with Gasteiger partial charge in [-0.15, -0.1) is 0 Å². The van der Waals surface area contributed by atoms with Crippen LogP contribution in [0.1, 0.15) is 16.7 Å². The Morgan fingerprint density at radius 3 is 2.36 bits per heavy atom. The van der Waals surface area contributed by atoms with Gasteiger partial charge < -0.3 is 24.8 Å². The summed E-state index contributed by atoms with van der Waals surface area (Å²) in [6.45, 7) is 0.894. The zero-order chi connectivity index (χ0) is 20.1. The number of carbonyl (C=O) groups excluding carboxylic acids is 1. The van der Waals surface area contributed by atoms with Gasteiger partial charge in [0, 0.05) is 19.5 Å². The predicted octanol–water partition coefficient (Wildman–Crippen LogP) is 2.47. The fraction of sp³-hybridized carbons (Fsp3) is 0.333. The molecule has 1 unspecified atom stereocenters. The molecular weight excluding hydrogens is 360 g/mol. The molecule has 2 amide bonds. The summed E-state index contributed by atoms with van der Waals surface area (Å²) in [6, 6.07) is 11.7. The first-order chi connectivity index (χ1) is 13.5. The van der Waals surface area contributed by atoms with Crippen LogP contribution in [0.25, 0.3) is 0 Å². The van der Waals surface area contributed by atoms with Gasteiger partial charge in [0.2, 0.25) is 0 Å². The van der Waals surface area contributed by atoms with E-state index in [0.29, 0.717) is 31.0 Å². The second-order valence-electron chi connectivity index (χ2n) is 6.68. The van der Waals surface area contributed by atoms with Crippen LogP contribution in [0.3, 0.4) is 0 Å². The molecule has 3 rings (SSSR count). The van der Waals surface area contributed by atoms with Crippen molar-refractivity contribution in [3.8, 4) is 11.5 Å². The second kappa shape index (κ2) is 8.65. The molecule has 0 bridgehead atoms. The molecule has 1 heterocycles. The summed E-state index contributed by atoms with van der Waals surface area (Å²) < 4.78 is 10.7. The molecule has 1 aliphatic rings. The maximum absolute atomic E-state index is 12.7. The molecule has 0 aliphatic carbocycles. The third kappa shape index (κ3) is 4.36. The number of ether oxygens (including phenoxy) is 2. The molecule has 2 N–H and O–H groups in total. The van der Waals surface area contributed by atoms with E-state index in [4.69, 9.17) is 9.47 Å². The van der Waals surface area contributed by atoms with Gasteiger partial charge in [0.05, 0.1) is 14.2 Å². The van der Waals surface area contributed by atoms with Gasteiger partial charge >= 0.3 is 12.0 Å². The first-order valence-corrected chi connectivity index (χ1v) is 9.07. The molecule has 1 aliphatic heterocycles. The molecule has 148 valence electrons. The Morgan fingerprint density at radius 2 is 1.75 bits per heavy atom. The van der Waals surface area contributed by atoms with Gasteiger partial charge in [-0.1, -0.05) is 30.3 Å². The van der Waals surface area contributed by atoms with Crippen LogP contribution in [0, 0.1) is 0 Å². The van der Waals surface area contributed by atoms with Crippen molar-refractivity contribution in [1.82, 2.24) is 10.2 Å². The molecule has 7 heteroatoms. The molecule has 0 saturated carbocycles. The average Bonchev–Trinajstić information content (AvgIpc) is 2.72. The van der Waals surface area contributed by atoms with E-state index < -0.39 is 12.0 Å². The van der Waals surface area contributed by atoms with E-state index in [2.05, 4.69) is 5.32 Å². The van der Waals surface area contributed by atoms with Crippen LogP contribution in [0.2, 0.25) is 0 Å². The van der Waals surface area contributed by atoms with Gasteiger partial charge in [-0.05, 0) is 35.2 Å². The van der Waals surface area contributed by atoms with Gasteiger partial charge in [-0.25, -0.2) is 9.59 Å². The normalized spacial score (nSPS) is 14.0. The molecule has 7 nitrogen and oxygen atoms in total. The number of benzene rings is 2. The molecule has 0 spiro atoms. The van der Waals surface area contributed by atoms with Crippen molar-refractivity contribution < 1.29 is 24.2 Å². The Hall–Kier alpha value is -3.22. The number of rotatable bonds is 6. The molecule has 2 aromatic carbocycles. The van der Waals surface area contributed by atoms with Crippen molar-refractivity contribution in [3.63, 3.8) is 0 Å². The minimum atomic E-state index is -1.05. The van der Waals surface area contributed by atoms with E-state index in [1.807, 2.05) is 42.5 Å². The van der Waals surface area contributed by atoms with Crippen molar-refractivity contribution in [1.29, 1.82) is 0 Å². The highest BCUT2D eigenvalue weighted by Crippen LogP contribution is 2.33. The van der Waals surface area contributed by atoms with Crippen LogP contribution < -0.4 is 14.8 Å². The van der Waals surface area contributed by atoms with E-state index in [1.165, 1.54) is 0 Å². The summed E-state index contributed by atoms with van der Waals surface area (Å²) in [4.78, 5) is 25.9. The number of urea groups is 1. The standard InChI is InChI=1S/C21H24N2O5/c1-27-18-11-15-8-9-23(13-16(15)12-19(18)28-2)21(26)22-17(20(24)25)10-14-6-4-3-5-7-14/h3-7,11-12,17H,8-10,13H2,1-2H3,(H,22,26)(H,24,25). The summed E-state index contributed by atoms with van der Waals surface area (Å²) in [5.74, 6) is 0.213. The van der Waals surface area contributed by atoms with Gasteiger partial charge in [0.15, 0.2) is 11.5 Å². The monoisotopic (exact) mass is 384 g/mol. The largest absolute Gasteiger partial charge is 0.493 e. The quantitative estimate of drug-likeness (QED) is 0.799. The summed E-state index contributed by atoms with van der Waals surface area (Å²) in [6.07, 6.45) is 0.900. The Balaban J connectivity index is 1.70. The zero-order valence-electron chi connectivity index (χ0n) is 16.0. The molecule has 0 fully saturated rings. The number of nitrogens with zero attached hydrogens (tertiary/aromatic N) is 1. The molecule has 0 aromatic heterocycles. The fourth-order valence-electron chi connectivity index (χ4n) is 3.35. The molecule has 28 heavy (non-hydrogen) atoms. The van der Waals surface area contributed by atoms with Crippen LogP contribution >= 0.6 is 0 Å². The molecule has 1 atom stereocenters. The summed E-state index contributed by atoms with van der Waals surface area (Å²) in [7, 11) is 3.16. The molecule has 0 radical (unpaired) electrons. The van der Waals surface area contributed by atoms with Crippen LogP contribution in [-0.4, -0.2) is 48.8 Å². The first kappa shape index (κ1) is 19.5. The lowest BCUT2D eigenvalue weighted by atomic mass is 9.99. The molecule has 0 saturated heterocycles. The Bertz CT molecular complexity index is 853. The Morgan fingerprint density at radius 1 is 1.11 bits per heavy atom. The van der Waals surface area contributed by atoms with E-state index in [0.717, 1.165) is 16.7 Å². The third-order valence-electron chi connectivity index (χ3n) is 4.88. The van der Waals surface area contributed by atoms with E-state index in [1.54, 1.807) is 19.1 Å². The van der Waals surface area contributed by atoms with Crippen LogP contribution in [0.15, 0.2) is 42.5 Å². The highest BCUT2D eigenvalue weighted by Gasteiger charge is 2.27. The lowest BCUT2D eigenvalue weighted by molar-refractivity contribution is -0.139. The van der Waals surface area contributed by atoms with Gasteiger partial charge in [-0.3, -0.25) is 0 Å². The fourth-order valence-corrected chi connectivity index (χ4v) is 3.35. The predicted molar refractivity (Wildman–Crippen MR) is 104 cm³/mol. The van der Waals surface area contributed by atoms with Gasteiger partial charge in [0.1, 0.15) is 6.04 Å². The summed E-state index contributed by atoms with van der Waals surface area (Å²) in [5.41, 5.74) is 2.92. The third-order valence-corrected chi connectivity index (χ3v) is 4.88. The first-order valence-electron chi connectivity index (χ1n) is 9.07. The van der Waals surface area contributed by atoms with Crippen molar-refractivity contribution in [2.45, 2.75) is 25.4 Å². The van der Waals surface area contributed by atoms with Crippen LogP contribution in [0.4, 0.5) is 4.79 Å². The summed E-state index contributed by atoms with van der Waals surface area (Å²) >= 11 is 0. The minimum Gasteiger partial charge on any atom is -0.493 e. The van der Waals surface area contributed by atoms with Crippen molar-refractivity contribution in [2.24, 2.45) is 0 Å². The topological polar surface area (TPSA) is 88.1 Å². The summed E-state index contributed by atoms with van der Waals surface area (Å²) in [5, 5.41) is 12.2. The lowest BCUT2D eigenvalue weighted by Crippen LogP contribution is -2.50. The van der Waals surface area contributed by atoms with E-state index in [9.17, 15) is 14.7 Å². The van der Waals surface area contributed by atoms with E-state index in [-0.39, 0.29) is 12.5 Å². The smallest absolute Gasteiger partial charge is 0.326 e. The number of methoxy groups -OCH3 is 2. The van der Waals surface area contributed by atoms with Crippen LogP contribution in [0.5, 0.6) is 11.5 Å². The minimum absolute atomic E-state index is 0.233. The molecule has 2 aromatic rings. The Labute approximate surface area is 163 Å². The SMILES string of the molecule is COc1cc2c(cc1OC)CN(C(=O)NC(Cc1ccccc1)C(=O)O)CC2. The maximum Gasteiger partial charge on any atom is 0.326 e. The number of hydrogen-bond donors (Lipinski definition) is 2. The van der Waals surface area contributed by atoms with Gasteiger partial charge in [-0.2, -0.15) is 0 Å². The number of amides is 2.